The van der Waals surface area contributed by atoms with Gasteiger partial charge < -0.3 is 14.9 Å². The van der Waals surface area contributed by atoms with E-state index in [0.717, 1.165) is 46.2 Å². The Kier molecular flexibility index (Phi) is 4.97. The van der Waals surface area contributed by atoms with Crippen molar-refractivity contribution in [1.29, 1.82) is 0 Å². The van der Waals surface area contributed by atoms with Crippen LogP contribution >= 0.6 is 0 Å². The Labute approximate surface area is 185 Å². The fourth-order valence-electron chi connectivity index (χ4n) is 3.99. The molecule has 0 saturated carbocycles. The summed E-state index contributed by atoms with van der Waals surface area (Å²) in [7, 11) is 0. The molecule has 5 aromatic rings. The standard InChI is InChI=1S/C24H25N7O/c1-4-16(5-2)26-24(32)15-9-10-18-17(11-15)21(30-29-18)23-27-19-7-6-8-20(22(19)28-23)31-12-14(3)25-13-31/h6-13,16H,4-5H2,1-3H3,(H,26,32)(H,27,28)(H,29,30). The monoisotopic (exact) mass is 427 g/mol. The molecule has 3 heterocycles. The Morgan fingerprint density at radius 1 is 1.16 bits per heavy atom. The van der Waals surface area contributed by atoms with Crippen LogP contribution in [0.5, 0.6) is 0 Å². The van der Waals surface area contributed by atoms with Crippen LogP contribution in [0.25, 0.3) is 39.1 Å². The summed E-state index contributed by atoms with van der Waals surface area (Å²) >= 11 is 0. The van der Waals surface area contributed by atoms with Crippen LogP contribution in [0.2, 0.25) is 0 Å². The van der Waals surface area contributed by atoms with Gasteiger partial charge in [-0.3, -0.25) is 9.89 Å². The van der Waals surface area contributed by atoms with E-state index in [1.165, 1.54) is 0 Å². The molecular weight excluding hydrogens is 402 g/mol. The molecule has 5 rings (SSSR count). The van der Waals surface area contributed by atoms with Gasteiger partial charge in [-0.2, -0.15) is 5.10 Å². The maximum absolute atomic E-state index is 12.8. The van der Waals surface area contributed by atoms with E-state index < -0.39 is 0 Å². The number of amides is 1. The fourth-order valence-corrected chi connectivity index (χ4v) is 3.99. The second kappa shape index (κ2) is 7.96. The third kappa shape index (κ3) is 3.43. The molecule has 3 N–H and O–H groups in total. The molecule has 0 unspecified atom stereocenters. The van der Waals surface area contributed by atoms with Gasteiger partial charge in [-0.1, -0.05) is 19.9 Å². The first-order valence-electron chi connectivity index (χ1n) is 10.9. The molecule has 8 nitrogen and oxygen atoms in total. The molecule has 0 atom stereocenters. The molecule has 0 aliphatic carbocycles. The number of H-pyrrole nitrogens is 2. The average Bonchev–Trinajstić information content (AvgIpc) is 3.53. The number of carbonyl (C=O) groups excluding carboxylic acids is 1. The first-order chi connectivity index (χ1) is 15.6. The zero-order valence-electron chi connectivity index (χ0n) is 18.3. The molecule has 1 amide bonds. The van der Waals surface area contributed by atoms with E-state index in [1.54, 1.807) is 6.33 Å². The van der Waals surface area contributed by atoms with Gasteiger partial charge in [0.25, 0.3) is 5.91 Å². The molecular formula is C24H25N7O. The number of nitrogens with zero attached hydrogens (tertiary/aromatic N) is 4. The quantitative estimate of drug-likeness (QED) is 0.371. The Morgan fingerprint density at radius 3 is 2.75 bits per heavy atom. The minimum absolute atomic E-state index is 0.0740. The predicted octanol–water partition coefficient (Wildman–Crippen LogP) is 4.52. The number of para-hydroxylation sites is 1. The van der Waals surface area contributed by atoms with Gasteiger partial charge in [0, 0.05) is 23.2 Å². The van der Waals surface area contributed by atoms with Gasteiger partial charge in [-0.05, 0) is 50.1 Å². The van der Waals surface area contributed by atoms with Crippen molar-refractivity contribution < 1.29 is 4.79 Å². The summed E-state index contributed by atoms with van der Waals surface area (Å²) in [6, 6.07) is 11.7. The molecule has 0 radical (unpaired) electrons. The molecule has 0 aliphatic heterocycles. The molecule has 0 fully saturated rings. The number of aromatic amines is 2. The van der Waals surface area contributed by atoms with Gasteiger partial charge in [-0.25, -0.2) is 9.97 Å². The molecule has 0 aliphatic rings. The third-order valence-electron chi connectivity index (χ3n) is 5.85. The number of carbonyl (C=O) groups is 1. The van der Waals surface area contributed by atoms with Crippen LogP contribution in [0.4, 0.5) is 0 Å². The van der Waals surface area contributed by atoms with Crippen molar-refractivity contribution in [2.24, 2.45) is 0 Å². The van der Waals surface area contributed by atoms with Crippen molar-refractivity contribution in [2.45, 2.75) is 39.7 Å². The average molecular weight is 428 g/mol. The normalized spacial score (nSPS) is 11.6. The van der Waals surface area contributed by atoms with E-state index >= 15 is 0 Å². The summed E-state index contributed by atoms with van der Waals surface area (Å²) < 4.78 is 1.96. The van der Waals surface area contributed by atoms with Crippen molar-refractivity contribution in [3.8, 4) is 17.2 Å². The van der Waals surface area contributed by atoms with Crippen molar-refractivity contribution >= 4 is 27.8 Å². The lowest BCUT2D eigenvalue weighted by Gasteiger charge is -2.14. The number of fused-ring (bicyclic) bond motifs is 2. The highest BCUT2D eigenvalue weighted by Gasteiger charge is 2.17. The first-order valence-corrected chi connectivity index (χ1v) is 10.9. The summed E-state index contributed by atoms with van der Waals surface area (Å²) in [5.41, 5.74) is 5.76. The number of rotatable bonds is 6. The molecule has 2 aromatic carbocycles. The van der Waals surface area contributed by atoms with Gasteiger partial charge in [0.05, 0.1) is 28.7 Å². The zero-order valence-corrected chi connectivity index (χ0v) is 18.3. The lowest BCUT2D eigenvalue weighted by atomic mass is 10.1. The minimum Gasteiger partial charge on any atom is -0.349 e. The van der Waals surface area contributed by atoms with E-state index in [-0.39, 0.29) is 11.9 Å². The highest BCUT2D eigenvalue weighted by Crippen LogP contribution is 2.29. The molecule has 0 spiro atoms. The second-order valence-corrected chi connectivity index (χ2v) is 8.00. The molecule has 3 aromatic heterocycles. The van der Waals surface area contributed by atoms with Crippen LogP contribution < -0.4 is 5.32 Å². The summed E-state index contributed by atoms with van der Waals surface area (Å²) in [5.74, 6) is 0.572. The Morgan fingerprint density at radius 2 is 2.00 bits per heavy atom. The largest absolute Gasteiger partial charge is 0.349 e. The van der Waals surface area contributed by atoms with E-state index in [2.05, 4.69) is 39.3 Å². The van der Waals surface area contributed by atoms with Crippen molar-refractivity contribution in [2.75, 3.05) is 0 Å². The van der Waals surface area contributed by atoms with E-state index in [4.69, 9.17) is 4.98 Å². The van der Waals surface area contributed by atoms with E-state index in [0.29, 0.717) is 17.1 Å². The number of nitrogens with one attached hydrogen (secondary N) is 3. The van der Waals surface area contributed by atoms with Gasteiger partial charge in [0.15, 0.2) is 5.82 Å². The predicted molar refractivity (Wildman–Crippen MR) is 125 cm³/mol. The van der Waals surface area contributed by atoms with Crippen molar-refractivity contribution in [3.05, 3.63) is 60.2 Å². The first kappa shape index (κ1) is 20.0. The number of aromatic nitrogens is 6. The molecule has 0 bridgehead atoms. The number of imidazole rings is 2. The van der Waals surface area contributed by atoms with Gasteiger partial charge >= 0.3 is 0 Å². The van der Waals surface area contributed by atoms with Crippen molar-refractivity contribution in [1.82, 2.24) is 35.0 Å². The zero-order chi connectivity index (χ0) is 22.2. The smallest absolute Gasteiger partial charge is 0.251 e. The van der Waals surface area contributed by atoms with E-state index in [1.807, 2.05) is 54.1 Å². The molecule has 32 heavy (non-hydrogen) atoms. The van der Waals surface area contributed by atoms with Gasteiger partial charge in [-0.15, -0.1) is 0 Å². The second-order valence-electron chi connectivity index (χ2n) is 8.00. The van der Waals surface area contributed by atoms with Crippen molar-refractivity contribution in [3.63, 3.8) is 0 Å². The number of hydrogen-bond donors (Lipinski definition) is 3. The summed E-state index contributed by atoms with van der Waals surface area (Å²) in [6.07, 6.45) is 5.56. The summed E-state index contributed by atoms with van der Waals surface area (Å²) in [4.78, 5) is 25.3. The lowest BCUT2D eigenvalue weighted by molar-refractivity contribution is 0.0935. The number of benzene rings is 2. The van der Waals surface area contributed by atoms with Crippen LogP contribution in [0.1, 0.15) is 42.7 Å². The molecule has 0 saturated heterocycles. The highest BCUT2D eigenvalue weighted by atomic mass is 16.1. The van der Waals surface area contributed by atoms with Crippen LogP contribution in [0, 0.1) is 6.92 Å². The maximum atomic E-state index is 12.8. The topological polar surface area (TPSA) is 104 Å². The van der Waals surface area contributed by atoms with Crippen LogP contribution in [-0.4, -0.2) is 41.7 Å². The third-order valence-corrected chi connectivity index (χ3v) is 5.85. The van der Waals surface area contributed by atoms with Gasteiger partial charge in [0.1, 0.15) is 11.2 Å². The number of aryl methyl sites for hydroxylation is 1. The van der Waals surface area contributed by atoms with E-state index in [9.17, 15) is 4.79 Å². The summed E-state index contributed by atoms with van der Waals surface area (Å²) in [5, 5.41) is 11.5. The molecule has 162 valence electrons. The fraction of sp³-hybridized carbons (Fsp3) is 0.250. The number of hydrogen-bond acceptors (Lipinski definition) is 4. The minimum atomic E-state index is -0.0740. The Balaban J connectivity index is 1.57. The van der Waals surface area contributed by atoms with Crippen LogP contribution in [0.3, 0.4) is 0 Å². The SMILES string of the molecule is CCC(CC)NC(=O)c1ccc2[nH]nc(-c3nc4c(-n5cnc(C)c5)cccc4[nH]3)c2c1. The lowest BCUT2D eigenvalue weighted by Crippen LogP contribution is -2.33. The summed E-state index contributed by atoms with van der Waals surface area (Å²) in [6.45, 7) is 6.11. The highest BCUT2D eigenvalue weighted by molar-refractivity contribution is 6.01. The Hall–Kier alpha value is -3.94. The van der Waals surface area contributed by atoms with Crippen LogP contribution in [-0.2, 0) is 0 Å². The maximum Gasteiger partial charge on any atom is 0.251 e. The van der Waals surface area contributed by atoms with Crippen LogP contribution in [0.15, 0.2) is 48.9 Å². The van der Waals surface area contributed by atoms with Gasteiger partial charge in [0.2, 0.25) is 0 Å². The Bertz CT molecular complexity index is 1420. The molecule has 8 heteroatoms.